The molecular weight excluding hydrogens is 246 g/mol. The number of piperidine rings is 1. The second-order valence-electron chi connectivity index (χ2n) is 7.07. The summed E-state index contributed by atoms with van der Waals surface area (Å²) in [5.41, 5.74) is 0.210. The molecular formula is C14H28NO2S+. The highest BCUT2D eigenvalue weighted by Gasteiger charge is 2.54. The van der Waals surface area contributed by atoms with E-state index >= 15 is 0 Å². The Bertz CT molecular complexity index is 304. The van der Waals surface area contributed by atoms with Gasteiger partial charge in [-0.05, 0) is 27.7 Å². The van der Waals surface area contributed by atoms with Crippen molar-refractivity contribution in [1.82, 2.24) is 0 Å². The van der Waals surface area contributed by atoms with Crippen LogP contribution in [0.3, 0.4) is 0 Å². The van der Waals surface area contributed by atoms with Gasteiger partial charge >= 0.3 is 5.97 Å². The van der Waals surface area contributed by atoms with Gasteiger partial charge in [0.05, 0.1) is 31.6 Å². The first-order valence-corrected chi connectivity index (χ1v) is 7.31. The third kappa shape index (κ3) is 2.85. The Hall–Kier alpha value is -0.220. The Labute approximate surface area is 117 Å². The highest BCUT2D eigenvalue weighted by Crippen LogP contribution is 2.43. The predicted molar refractivity (Wildman–Crippen MR) is 77.9 cm³/mol. The Kier molecular flexibility index (Phi) is 4.44. The molecule has 1 rings (SSSR count). The van der Waals surface area contributed by atoms with Crippen molar-refractivity contribution in [3.63, 3.8) is 0 Å². The molecule has 1 saturated heterocycles. The van der Waals surface area contributed by atoms with E-state index in [0.717, 1.165) is 17.3 Å². The summed E-state index contributed by atoms with van der Waals surface area (Å²) >= 11 is 4.07. The zero-order valence-corrected chi connectivity index (χ0v) is 13.5. The first-order valence-electron chi connectivity index (χ1n) is 6.68. The van der Waals surface area contributed by atoms with Gasteiger partial charge < -0.3 is 9.22 Å². The van der Waals surface area contributed by atoms with Crippen LogP contribution >= 0.6 is 12.6 Å². The minimum Gasteiger partial charge on any atom is -0.462 e. The minimum atomic E-state index is -0.117. The number of hydrogen-bond acceptors (Lipinski definition) is 3. The number of likely N-dealkylation sites (tertiary alicyclic amines) is 1. The third-order valence-corrected chi connectivity index (χ3v) is 5.32. The molecule has 106 valence electrons. The molecule has 0 aromatic heterocycles. The number of esters is 1. The van der Waals surface area contributed by atoms with Crippen molar-refractivity contribution in [2.45, 2.75) is 64.1 Å². The number of carbonyl (C=O) groups excluding carboxylic acids is 1. The van der Waals surface area contributed by atoms with Gasteiger partial charge in [0.15, 0.2) is 0 Å². The molecule has 0 saturated carbocycles. The van der Waals surface area contributed by atoms with E-state index in [1.807, 2.05) is 0 Å². The molecule has 0 bridgehead atoms. The fraction of sp³-hybridized carbons (Fsp3) is 0.929. The summed E-state index contributed by atoms with van der Waals surface area (Å²) in [6.45, 7) is 9.03. The quantitative estimate of drug-likeness (QED) is 0.486. The SMILES string of the molecule is CC1(C)CC(OC(=O)CCS)CC(C)(C)[N+]1(C)C. The van der Waals surface area contributed by atoms with Gasteiger partial charge in [0.1, 0.15) is 6.10 Å². The van der Waals surface area contributed by atoms with E-state index in [4.69, 9.17) is 4.74 Å². The van der Waals surface area contributed by atoms with Crippen LogP contribution in [0.5, 0.6) is 0 Å². The molecule has 0 aromatic rings. The lowest BCUT2D eigenvalue weighted by Gasteiger charge is -2.59. The van der Waals surface area contributed by atoms with Crippen LogP contribution in [0.1, 0.15) is 47.0 Å². The van der Waals surface area contributed by atoms with Crippen LogP contribution < -0.4 is 0 Å². The van der Waals surface area contributed by atoms with Gasteiger partial charge in [0, 0.05) is 18.6 Å². The molecule has 0 atom stereocenters. The molecule has 3 nitrogen and oxygen atoms in total. The molecule has 0 unspecified atom stereocenters. The van der Waals surface area contributed by atoms with Crippen LogP contribution in [0, 0.1) is 0 Å². The summed E-state index contributed by atoms with van der Waals surface area (Å²) < 4.78 is 6.54. The van der Waals surface area contributed by atoms with Gasteiger partial charge in [0.2, 0.25) is 0 Å². The number of hydrogen-bond donors (Lipinski definition) is 1. The fourth-order valence-corrected chi connectivity index (χ4v) is 3.06. The molecule has 0 aliphatic carbocycles. The average molecular weight is 274 g/mol. The highest BCUT2D eigenvalue weighted by molar-refractivity contribution is 7.80. The van der Waals surface area contributed by atoms with Gasteiger partial charge in [-0.2, -0.15) is 12.6 Å². The van der Waals surface area contributed by atoms with E-state index in [9.17, 15) is 4.79 Å². The summed E-state index contributed by atoms with van der Waals surface area (Å²) in [7, 11) is 4.54. The van der Waals surface area contributed by atoms with Crippen molar-refractivity contribution >= 4 is 18.6 Å². The van der Waals surface area contributed by atoms with Crippen molar-refractivity contribution in [2.75, 3.05) is 19.8 Å². The van der Waals surface area contributed by atoms with Gasteiger partial charge in [-0.1, -0.05) is 0 Å². The molecule has 0 radical (unpaired) electrons. The highest BCUT2D eigenvalue weighted by atomic mass is 32.1. The zero-order valence-electron chi connectivity index (χ0n) is 12.6. The van der Waals surface area contributed by atoms with Crippen LogP contribution in [0.15, 0.2) is 0 Å². The summed E-state index contributed by atoms with van der Waals surface area (Å²) in [4.78, 5) is 11.6. The molecule has 1 fully saturated rings. The number of quaternary nitrogens is 1. The van der Waals surface area contributed by atoms with Crippen molar-refractivity contribution in [3.05, 3.63) is 0 Å². The summed E-state index contributed by atoms with van der Waals surface area (Å²) in [6.07, 6.45) is 2.27. The Morgan fingerprint density at radius 3 is 2.06 bits per heavy atom. The van der Waals surface area contributed by atoms with Gasteiger partial charge in [-0.3, -0.25) is 4.79 Å². The largest absolute Gasteiger partial charge is 0.462 e. The maximum absolute atomic E-state index is 11.6. The predicted octanol–water partition coefficient (Wildman–Crippen LogP) is 2.65. The number of nitrogens with zero attached hydrogens (tertiary/aromatic N) is 1. The van der Waals surface area contributed by atoms with Crippen molar-refractivity contribution in [3.8, 4) is 0 Å². The minimum absolute atomic E-state index is 0.0357. The lowest BCUT2D eigenvalue weighted by molar-refractivity contribution is -0.988. The molecule has 1 heterocycles. The third-order valence-electron chi connectivity index (χ3n) is 5.10. The summed E-state index contributed by atoms with van der Waals surface area (Å²) in [5.74, 6) is 0.439. The van der Waals surface area contributed by atoms with Crippen LogP contribution in [0.25, 0.3) is 0 Å². The van der Waals surface area contributed by atoms with E-state index in [1.54, 1.807) is 0 Å². The zero-order chi connectivity index (χ0) is 14.2. The summed E-state index contributed by atoms with van der Waals surface area (Å²) in [6, 6.07) is 0. The first kappa shape index (κ1) is 15.8. The van der Waals surface area contributed by atoms with Crippen LogP contribution in [0.2, 0.25) is 0 Å². The van der Waals surface area contributed by atoms with E-state index in [-0.39, 0.29) is 23.2 Å². The smallest absolute Gasteiger partial charge is 0.306 e. The Morgan fingerprint density at radius 1 is 1.22 bits per heavy atom. The molecule has 0 N–H and O–H groups in total. The monoisotopic (exact) mass is 274 g/mol. The van der Waals surface area contributed by atoms with Gasteiger partial charge in [0.25, 0.3) is 0 Å². The second-order valence-corrected chi connectivity index (χ2v) is 7.52. The van der Waals surface area contributed by atoms with Crippen molar-refractivity contribution in [1.29, 1.82) is 0 Å². The van der Waals surface area contributed by atoms with Crippen LogP contribution in [-0.4, -0.2) is 47.5 Å². The first-order chi connectivity index (χ1) is 8.03. The number of thiol groups is 1. The Balaban J connectivity index is 2.81. The van der Waals surface area contributed by atoms with E-state index in [0.29, 0.717) is 12.2 Å². The lowest BCUT2D eigenvalue weighted by atomic mass is 9.76. The molecule has 18 heavy (non-hydrogen) atoms. The number of carbonyl (C=O) groups is 1. The number of ether oxygens (including phenoxy) is 1. The molecule has 0 amide bonds. The van der Waals surface area contributed by atoms with Crippen molar-refractivity contribution in [2.24, 2.45) is 0 Å². The van der Waals surface area contributed by atoms with Crippen LogP contribution in [0.4, 0.5) is 0 Å². The van der Waals surface area contributed by atoms with E-state index < -0.39 is 0 Å². The fourth-order valence-electron chi connectivity index (χ4n) is 2.88. The summed E-state index contributed by atoms with van der Waals surface area (Å²) in [5, 5.41) is 0. The maximum atomic E-state index is 11.6. The van der Waals surface area contributed by atoms with Crippen molar-refractivity contribution < 1.29 is 14.0 Å². The van der Waals surface area contributed by atoms with Gasteiger partial charge in [-0.25, -0.2) is 0 Å². The standard InChI is InChI=1S/C14H27NO2S/c1-13(2)9-11(17-12(16)7-8-18)10-14(3,4)15(13,5)6/h11H,7-10H2,1-6H3/p+1. The molecule has 0 aromatic carbocycles. The van der Waals surface area contributed by atoms with Gasteiger partial charge in [-0.15, -0.1) is 0 Å². The lowest BCUT2D eigenvalue weighted by Crippen LogP contribution is -2.71. The van der Waals surface area contributed by atoms with E-state index in [2.05, 4.69) is 54.4 Å². The molecule has 0 spiro atoms. The van der Waals surface area contributed by atoms with E-state index in [1.165, 1.54) is 0 Å². The normalized spacial score (nSPS) is 25.7. The second kappa shape index (κ2) is 5.04. The number of rotatable bonds is 3. The molecule has 1 aliphatic heterocycles. The molecule has 4 heteroatoms. The Morgan fingerprint density at radius 2 is 1.67 bits per heavy atom. The maximum Gasteiger partial charge on any atom is 0.306 e. The molecule has 1 aliphatic rings. The average Bonchev–Trinajstić information content (AvgIpc) is 2.13. The van der Waals surface area contributed by atoms with Crippen LogP contribution in [-0.2, 0) is 9.53 Å². The topological polar surface area (TPSA) is 26.3 Å².